The number of hydrogen-bond donors (Lipinski definition) is 1. The van der Waals surface area contributed by atoms with Crippen LogP contribution < -0.4 is 9.47 Å². The molecule has 2 rings (SSSR count). The molecule has 3 heteroatoms. The second kappa shape index (κ2) is 2.09. The van der Waals surface area contributed by atoms with Gasteiger partial charge in [-0.1, -0.05) is 6.07 Å². The summed E-state index contributed by atoms with van der Waals surface area (Å²) in [5, 5.41) is 0. The lowest BCUT2D eigenvalue weighted by atomic mass is 10.3. The summed E-state index contributed by atoms with van der Waals surface area (Å²) in [5.41, 5.74) is 0. The van der Waals surface area contributed by atoms with Gasteiger partial charge in [0.15, 0.2) is 11.5 Å². The predicted molar refractivity (Wildman–Crippen MR) is 39.8 cm³/mol. The Kier molecular flexibility index (Phi) is 1.24. The van der Waals surface area contributed by atoms with E-state index >= 15 is 0 Å². The Balaban J connectivity index is 2.59. The van der Waals surface area contributed by atoms with Gasteiger partial charge in [-0.25, -0.2) is 0 Å². The van der Waals surface area contributed by atoms with Crippen molar-refractivity contribution >= 4 is 12.6 Å². The number of benzene rings is 1. The molecule has 2 nitrogen and oxygen atoms in total. The van der Waals surface area contributed by atoms with E-state index in [0.29, 0.717) is 6.79 Å². The number of ether oxygens (including phenoxy) is 2. The van der Waals surface area contributed by atoms with Gasteiger partial charge in [-0.05, 0) is 12.1 Å². The topological polar surface area (TPSA) is 18.5 Å². The normalized spacial score (nSPS) is 13.7. The van der Waals surface area contributed by atoms with Crippen LogP contribution in [0.1, 0.15) is 0 Å². The van der Waals surface area contributed by atoms with Gasteiger partial charge in [-0.2, -0.15) is 0 Å². The van der Waals surface area contributed by atoms with Crippen LogP contribution in [0, 0.1) is 0 Å². The van der Waals surface area contributed by atoms with E-state index in [1.165, 1.54) is 0 Å². The van der Waals surface area contributed by atoms with E-state index in [1.54, 1.807) is 0 Å². The van der Waals surface area contributed by atoms with Crippen molar-refractivity contribution in [3.63, 3.8) is 0 Å². The van der Waals surface area contributed by atoms with Crippen LogP contribution in [0.3, 0.4) is 0 Å². The zero-order valence-corrected chi connectivity index (χ0v) is 6.10. The lowest BCUT2D eigenvalue weighted by molar-refractivity contribution is 0.172. The van der Waals surface area contributed by atoms with Crippen molar-refractivity contribution in [3.8, 4) is 11.5 Å². The molecule has 0 spiro atoms. The van der Waals surface area contributed by atoms with Crippen LogP contribution in [0.4, 0.5) is 0 Å². The minimum absolute atomic E-state index is 0.312. The lowest BCUT2D eigenvalue weighted by Gasteiger charge is -1.96. The van der Waals surface area contributed by atoms with Gasteiger partial charge in [-0.15, -0.1) is 12.6 Å². The Labute approximate surface area is 64.2 Å². The fourth-order valence-electron chi connectivity index (χ4n) is 0.915. The second-order valence-corrected chi connectivity index (χ2v) is 2.49. The van der Waals surface area contributed by atoms with Crippen LogP contribution in [0.5, 0.6) is 11.5 Å². The number of thiol groups is 1. The first-order chi connectivity index (χ1) is 4.88. The molecule has 10 heavy (non-hydrogen) atoms. The Morgan fingerprint density at radius 2 is 2.20 bits per heavy atom. The first-order valence-corrected chi connectivity index (χ1v) is 3.40. The Morgan fingerprint density at radius 3 is 3.00 bits per heavy atom. The number of fused-ring (bicyclic) bond motifs is 1. The van der Waals surface area contributed by atoms with Gasteiger partial charge in [-0.3, -0.25) is 0 Å². The molecule has 1 heterocycles. The molecule has 0 aliphatic carbocycles. The summed E-state index contributed by atoms with van der Waals surface area (Å²) < 4.78 is 10.2. The maximum absolute atomic E-state index is 5.13. The average Bonchev–Trinajstić information content (AvgIpc) is 2.36. The first-order valence-electron chi connectivity index (χ1n) is 2.95. The largest absolute Gasteiger partial charge is 0.454 e. The Bertz CT molecular complexity index is 260. The molecule has 1 aliphatic rings. The van der Waals surface area contributed by atoms with Crippen molar-refractivity contribution in [2.45, 2.75) is 4.90 Å². The monoisotopic (exact) mass is 154 g/mol. The molecule has 0 atom stereocenters. The van der Waals surface area contributed by atoms with Gasteiger partial charge in [0.1, 0.15) is 0 Å². The molecule has 0 saturated carbocycles. The fraction of sp³-hybridized carbons (Fsp3) is 0.143. The van der Waals surface area contributed by atoms with Crippen LogP contribution in [0.15, 0.2) is 23.1 Å². The molecule has 0 N–H and O–H groups in total. The van der Waals surface area contributed by atoms with E-state index < -0.39 is 0 Å². The van der Waals surface area contributed by atoms with Crippen molar-refractivity contribution in [2.75, 3.05) is 6.79 Å². The van der Waals surface area contributed by atoms with E-state index in [9.17, 15) is 0 Å². The van der Waals surface area contributed by atoms with Crippen LogP contribution >= 0.6 is 12.6 Å². The van der Waals surface area contributed by atoms with Crippen LogP contribution in [-0.4, -0.2) is 6.79 Å². The number of hydrogen-bond acceptors (Lipinski definition) is 3. The summed E-state index contributed by atoms with van der Waals surface area (Å²) in [6.07, 6.45) is 0. The Hall–Kier alpha value is -0.830. The summed E-state index contributed by atoms with van der Waals surface area (Å²) in [4.78, 5) is 0.829. The SMILES string of the molecule is Sc1cccc2c1OCO2. The van der Waals surface area contributed by atoms with Gasteiger partial charge in [0.25, 0.3) is 0 Å². The van der Waals surface area contributed by atoms with E-state index in [0.717, 1.165) is 16.4 Å². The molecule has 0 unspecified atom stereocenters. The molecule has 0 bridgehead atoms. The van der Waals surface area contributed by atoms with Gasteiger partial charge in [0.05, 0.1) is 4.90 Å². The van der Waals surface area contributed by atoms with Gasteiger partial charge >= 0.3 is 0 Å². The first kappa shape index (κ1) is 5.92. The van der Waals surface area contributed by atoms with Crippen molar-refractivity contribution < 1.29 is 9.47 Å². The molecule has 0 fully saturated rings. The van der Waals surface area contributed by atoms with Gasteiger partial charge < -0.3 is 9.47 Å². The predicted octanol–water partition coefficient (Wildman–Crippen LogP) is 1.70. The fourth-order valence-corrected chi connectivity index (χ4v) is 1.18. The summed E-state index contributed by atoms with van der Waals surface area (Å²) in [7, 11) is 0. The third-order valence-corrected chi connectivity index (χ3v) is 1.73. The Morgan fingerprint density at radius 1 is 1.30 bits per heavy atom. The third-order valence-electron chi connectivity index (χ3n) is 1.38. The molecule has 0 radical (unpaired) electrons. The molecule has 52 valence electrons. The van der Waals surface area contributed by atoms with Crippen molar-refractivity contribution in [1.82, 2.24) is 0 Å². The molecule has 0 saturated heterocycles. The summed E-state index contributed by atoms with van der Waals surface area (Å²) in [6.45, 7) is 0.312. The molecular formula is C7H6O2S. The van der Waals surface area contributed by atoms with E-state index in [1.807, 2.05) is 18.2 Å². The molecule has 1 aromatic rings. The highest BCUT2D eigenvalue weighted by Crippen LogP contribution is 2.36. The van der Waals surface area contributed by atoms with Crippen molar-refractivity contribution in [2.24, 2.45) is 0 Å². The number of para-hydroxylation sites is 1. The standard InChI is InChI=1S/C7H6O2S/c10-6-3-1-2-5-7(6)9-4-8-5/h1-3,10H,4H2. The molecule has 0 aromatic heterocycles. The van der Waals surface area contributed by atoms with E-state index in [2.05, 4.69) is 12.6 Å². The van der Waals surface area contributed by atoms with Crippen LogP contribution in [0.25, 0.3) is 0 Å². The van der Waals surface area contributed by atoms with E-state index in [4.69, 9.17) is 9.47 Å². The zero-order valence-electron chi connectivity index (χ0n) is 5.20. The highest BCUT2D eigenvalue weighted by molar-refractivity contribution is 7.80. The minimum atomic E-state index is 0.312. The smallest absolute Gasteiger partial charge is 0.231 e. The van der Waals surface area contributed by atoms with Crippen LogP contribution in [-0.2, 0) is 0 Å². The minimum Gasteiger partial charge on any atom is -0.454 e. The van der Waals surface area contributed by atoms with E-state index in [-0.39, 0.29) is 0 Å². The highest BCUT2D eigenvalue weighted by Gasteiger charge is 2.14. The third kappa shape index (κ3) is 0.743. The second-order valence-electron chi connectivity index (χ2n) is 2.01. The van der Waals surface area contributed by atoms with Crippen molar-refractivity contribution in [3.05, 3.63) is 18.2 Å². The lowest BCUT2D eigenvalue weighted by Crippen LogP contribution is -1.93. The molecule has 1 aliphatic heterocycles. The number of rotatable bonds is 0. The zero-order chi connectivity index (χ0) is 6.97. The quantitative estimate of drug-likeness (QED) is 0.573. The van der Waals surface area contributed by atoms with Gasteiger partial charge in [0, 0.05) is 0 Å². The average molecular weight is 154 g/mol. The van der Waals surface area contributed by atoms with Crippen LogP contribution in [0.2, 0.25) is 0 Å². The summed E-state index contributed by atoms with van der Waals surface area (Å²) >= 11 is 4.18. The molecular weight excluding hydrogens is 148 g/mol. The summed E-state index contributed by atoms with van der Waals surface area (Å²) in [6, 6.07) is 5.62. The summed E-state index contributed by atoms with van der Waals surface area (Å²) in [5.74, 6) is 1.54. The van der Waals surface area contributed by atoms with Crippen molar-refractivity contribution in [1.29, 1.82) is 0 Å². The van der Waals surface area contributed by atoms with Gasteiger partial charge in [0.2, 0.25) is 6.79 Å². The molecule has 0 amide bonds. The molecule has 1 aromatic carbocycles. The maximum Gasteiger partial charge on any atom is 0.231 e. The highest BCUT2D eigenvalue weighted by atomic mass is 32.1. The maximum atomic E-state index is 5.13.